The number of fused-ring (bicyclic) bond motifs is 1. The minimum Gasteiger partial charge on any atom is -0.444 e. The third-order valence-corrected chi connectivity index (χ3v) is 4.91. The summed E-state index contributed by atoms with van der Waals surface area (Å²) in [6, 6.07) is 2.31. The molecule has 186 valence electrons. The van der Waals surface area contributed by atoms with E-state index >= 15 is 0 Å². The molecule has 0 bridgehead atoms. The third kappa shape index (κ3) is 7.19. The van der Waals surface area contributed by atoms with E-state index in [0.717, 1.165) is 10.6 Å². The lowest BCUT2D eigenvalue weighted by molar-refractivity contribution is -0.0519. The number of phosphoric ester groups is 1. The number of aromatic nitrogens is 2. The summed E-state index contributed by atoms with van der Waals surface area (Å²) in [5.41, 5.74) is -2.18. The van der Waals surface area contributed by atoms with Crippen molar-refractivity contribution in [2.45, 2.75) is 39.2 Å². The number of ether oxygens (including phenoxy) is 3. The van der Waals surface area contributed by atoms with Gasteiger partial charge in [0.25, 0.3) is 0 Å². The van der Waals surface area contributed by atoms with Crippen molar-refractivity contribution in [1.82, 2.24) is 9.55 Å². The van der Waals surface area contributed by atoms with Crippen LogP contribution in [0.25, 0.3) is 11.0 Å². The lowest BCUT2D eigenvalue weighted by atomic mass is 10.1. The Labute approximate surface area is 193 Å². The molecule has 0 unspecified atom stereocenters. The van der Waals surface area contributed by atoms with Crippen molar-refractivity contribution in [1.29, 1.82) is 5.26 Å². The molecule has 1 aromatic heterocycles. The van der Waals surface area contributed by atoms with Crippen molar-refractivity contribution in [2.24, 2.45) is 12.0 Å². The smallest absolute Gasteiger partial charge is 0.444 e. The number of carbonyl (C=O) groups is 1. The van der Waals surface area contributed by atoms with Gasteiger partial charge in [0, 0.05) is 19.9 Å². The number of aryl methyl sites for hydroxylation is 1. The minimum absolute atomic E-state index is 0.0247. The zero-order chi connectivity index (χ0) is 25.7. The van der Waals surface area contributed by atoms with Gasteiger partial charge in [-0.15, -0.1) is 0 Å². The number of aliphatic imine (C=N–C) groups is 1. The van der Waals surface area contributed by atoms with Gasteiger partial charge in [0.1, 0.15) is 22.7 Å². The van der Waals surface area contributed by atoms with Crippen molar-refractivity contribution in [2.75, 3.05) is 13.4 Å². The van der Waals surface area contributed by atoms with Crippen LogP contribution in [0.5, 0.6) is 0 Å². The zero-order valence-corrected chi connectivity index (χ0v) is 19.6. The summed E-state index contributed by atoms with van der Waals surface area (Å²) in [6.45, 7) is 3.67. The van der Waals surface area contributed by atoms with E-state index in [-0.39, 0.29) is 42.3 Å². The van der Waals surface area contributed by atoms with E-state index in [4.69, 9.17) is 29.3 Å². The van der Waals surface area contributed by atoms with Crippen LogP contribution in [0.15, 0.2) is 11.1 Å². The molecule has 0 aliphatic rings. The number of carbonyl (C=O) groups excluding carboxylic acids is 1. The number of imidazole rings is 1. The van der Waals surface area contributed by atoms with E-state index in [1.165, 1.54) is 20.9 Å². The van der Waals surface area contributed by atoms with Gasteiger partial charge in [-0.05, 0) is 19.9 Å². The SMILES string of the molecule is CC/C(=N/c1nc2c(F)cc(C#N)c(F)c2n1C)OCOC(=O)OC(C)(C)CCOP(=O)(O)O. The molecular formula is C19H23F2N4O8P. The van der Waals surface area contributed by atoms with Crippen molar-refractivity contribution in [3.63, 3.8) is 0 Å². The van der Waals surface area contributed by atoms with Crippen molar-refractivity contribution in [3.8, 4) is 6.07 Å². The fourth-order valence-corrected chi connectivity index (χ4v) is 2.99. The molecule has 0 radical (unpaired) electrons. The molecule has 1 aromatic carbocycles. The minimum atomic E-state index is -4.64. The Bertz CT molecular complexity index is 1190. The first-order valence-electron chi connectivity index (χ1n) is 9.78. The molecule has 0 saturated heterocycles. The monoisotopic (exact) mass is 504 g/mol. The fraction of sp³-hybridized carbons (Fsp3) is 0.474. The van der Waals surface area contributed by atoms with E-state index in [9.17, 15) is 18.1 Å². The van der Waals surface area contributed by atoms with Crippen LogP contribution in [0.3, 0.4) is 0 Å². The topological polar surface area (TPSA) is 165 Å². The van der Waals surface area contributed by atoms with Crippen LogP contribution in [-0.4, -0.2) is 50.4 Å². The molecule has 2 N–H and O–H groups in total. The van der Waals surface area contributed by atoms with E-state index in [0.29, 0.717) is 0 Å². The van der Waals surface area contributed by atoms with E-state index in [1.54, 1.807) is 13.0 Å². The number of halogens is 2. The molecule has 34 heavy (non-hydrogen) atoms. The average molecular weight is 504 g/mol. The molecule has 15 heteroatoms. The Balaban J connectivity index is 2.02. The van der Waals surface area contributed by atoms with E-state index < -0.39 is 43.6 Å². The van der Waals surface area contributed by atoms with Crippen LogP contribution in [-0.2, 0) is 30.3 Å². The molecule has 0 amide bonds. The van der Waals surface area contributed by atoms with Crippen molar-refractivity contribution in [3.05, 3.63) is 23.3 Å². The number of phosphoric acid groups is 1. The first-order valence-corrected chi connectivity index (χ1v) is 11.3. The Morgan fingerprint density at radius 2 is 2.03 bits per heavy atom. The second-order valence-corrected chi connectivity index (χ2v) is 8.69. The predicted molar refractivity (Wildman–Crippen MR) is 113 cm³/mol. The number of nitrogens with zero attached hydrogens (tertiary/aromatic N) is 4. The first kappa shape index (κ1) is 27.1. The summed E-state index contributed by atoms with van der Waals surface area (Å²) in [5, 5.41) is 8.95. The fourth-order valence-electron chi connectivity index (χ4n) is 2.66. The highest BCUT2D eigenvalue weighted by Gasteiger charge is 2.26. The zero-order valence-electron chi connectivity index (χ0n) is 18.7. The van der Waals surface area contributed by atoms with Gasteiger partial charge in [0.15, 0.2) is 17.5 Å². The standard InChI is InChI=1S/C19H23F2N4O8P/c1-5-13(30-10-31-18(26)33-19(2,3)6-7-32-34(27,28)29)23-17-24-15-12(20)8-11(9-22)14(21)16(15)25(17)4/h8H,5-7,10H2,1-4H3,(H2,27,28,29)/b23-13-. The molecule has 0 saturated carbocycles. The Morgan fingerprint density at radius 3 is 2.62 bits per heavy atom. The van der Waals surface area contributed by atoms with Crippen LogP contribution in [0, 0.1) is 23.0 Å². The molecule has 0 aliphatic carbocycles. The number of benzene rings is 1. The van der Waals surface area contributed by atoms with E-state index in [2.05, 4.69) is 14.5 Å². The van der Waals surface area contributed by atoms with Crippen LogP contribution in [0.4, 0.5) is 19.5 Å². The maximum absolute atomic E-state index is 14.5. The van der Waals surface area contributed by atoms with Gasteiger partial charge in [-0.2, -0.15) is 10.3 Å². The summed E-state index contributed by atoms with van der Waals surface area (Å²) in [6.07, 6.45) is -0.933. The van der Waals surface area contributed by atoms with Crippen LogP contribution in [0.1, 0.15) is 39.2 Å². The van der Waals surface area contributed by atoms with Gasteiger partial charge in [0.05, 0.1) is 12.2 Å². The van der Waals surface area contributed by atoms with Gasteiger partial charge in [-0.25, -0.2) is 23.1 Å². The summed E-state index contributed by atoms with van der Waals surface area (Å²) in [4.78, 5) is 37.3. The molecule has 0 atom stereocenters. The molecule has 1 heterocycles. The third-order valence-electron chi connectivity index (χ3n) is 4.39. The lowest BCUT2D eigenvalue weighted by Crippen LogP contribution is -2.30. The highest BCUT2D eigenvalue weighted by atomic mass is 31.2. The highest BCUT2D eigenvalue weighted by molar-refractivity contribution is 7.46. The van der Waals surface area contributed by atoms with Crippen molar-refractivity contribution < 1.29 is 46.7 Å². The van der Waals surface area contributed by atoms with Gasteiger partial charge in [-0.3, -0.25) is 4.52 Å². The summed E-state index contributed by atoms with van der Waals surface area (Å²) in [5.74, 6) is -1.90. The van der Waals surface area contributed by atoms with E-state index in [1.807, 2.05) is 0 Å². The Hall–Kier alpha value is -3.11. The molecule has 0 aliphatic heterocycles. The normalized spacial score (nSPS) is 12.5. The number of rotatable bonds is 9. The Kier molecular flexibility index (Phi) is 8.68. The van der Waals surface area contributed by atoms with Gasteiger partial charge in [-0.1, -0.05) is 6.92 Å². The number of hydrogen-bond donors (Lipinski definition) is 2. The van der Waals surface area contributed by atoms with Crippen LogP contribution >= 0.6 is 7.82 Å². The highest BCUT2D eigenvalue weighted by Crippen LogP contribution is 2.36. The van der Waals surface area contributed by atoms with Crippen molar-refractivity contribution >= 4 is 36.9 Å². The number of nitriles is 1. The molecule has 0 spiro atoms. The largest absolute Gasteiger partial charge is 0.511 e. The average Bonchev–Trinajstić information content (AvgIpc) is 3.05. The lowest BCUT2D eigenvalue weighted by Gasteiger charge is -2.24. The summed E-state index contributed by atoms with van der Waals surface area (Å²) >= 11 is 0. The van der Waals surface area contributed by atoms with Crippen LogP contribution < -0.4 is 0 Å². The molecular weight excluding hydrogens is 481 g/mol. The number of hydrogen-bond acceptors (Lipinski definition) is 9. The maximum atomic E-state index is 14.5. The predicted octanol–water partition coefficient (Wildman–Crippen LogP) is 3.57. The molecule has 2 aromatic rings. The van der Waals surface area contributed by atoms with Crippen LogP contribution in [0.2, 0.25) is 0 Å². The molecule has 2 rings (SSSR count). The Morgan fingerprint density at radius 1 is 1.35 bits per heavy atom. The molecule has 12 nitrogen and oxygen atoms in total. The van der Waals surface area contributed by atoms with Gasteiger partial charge in [0.2, 0.25) is 12.7 Å². The second-order valence-electron chi connectivity index (χ2n) is 7.45. The summed E-state index contributed by atoms with van der Waals surface area (Å²) < 4.78 is 60.0. The second kappa shape index (κ2) is 10.9. The van der Waals surface area contributed by atoms with Gasteiger partial charge >= 0.3 is 14.0 Å². The maximum Gasteiger partial charge on any atom is 0.511 e. The molecule has 0 fully saturated rings. The summed E-state index contributed by atoms with van der Waals surface area (Å²) in [7, 11) is -3.25. The quantitative estimate of drug-likeness (QED) is 0.169. The first-order chi connectivity index (χ1) is 15.8. The van der Waals surface area contributed by atoms with Gasteiger partial charge < -0.3 is 28.6 Å².